The summed E-state index contributed by atoms with van der Waals surface area (Å²) < 4.78 is 30.9. The van der Waals surface area contributed by atoms with Crippen molar-refractivity contribution in [2.24, 2.45) is 5.92 Å². The number of halogens is 1. The van der Waals surface area contributed by atoms with E-state index in [1.54, 1.807) is 7.11 Å². The average Bonchev–Trinajstić information content (AvgIpc) is 2.83. The summed E-state index contributed by atoms with van der Waals surface area (Å²) in [5.41, 5.74) is 2.26. The molecule has 0 saturated carbocycles. The van der Waals surface area contributed by atoms with Gasteiger partial charge in [0.05, 0.1) is 13.7 Å². The van der Waals surface area contributed by atoms with Gasteiger partial charge in [-0.1, -0.05) is 42.5 Å². The monoisotopic (exact) mass is 421 g/mol. The highest BCUT2D eigenvalue weighted by Crippen LogP contribution is 2.34. The van der Waals surface area contributed by atoms with Crippen LogP contribution in [0.2, 0.25) is 0 Å². The fraction of sp³-hybridized carbons (Fsp3) is 0.308. The predicted molar refractivity (Wildman–Crippen MR) is 119 cm³/mol. The van der Waals surface area contributed by atoms with Crippen LogP contribution in [0.3, 0.4) is 0 Å². The zero-order valence-corrected chi connectivity index (χ0v) is 17.7. The molecule has 5 heteroatoms. The molecule has 1 heterocycles. The van der Waals surface area contributed by atoms with Crippen molar-refractivity contribution in [3.63, 3.8) is 0 Å². The molecule has 0 bridgehead atoms. The Balaban J connectivity index is 1.39. The SMILES string of the molecule is COc1cc(OC[C@@H]2CNCC[C@@H]2c2ccc(F)cc2)ccc1OCc1ccccc1. The van der Waals surface area contributed by atoms with Gasteiger partial charge in [0.15, 0.2) is 11.5 Å². The highest BCUT2D eigenvalue weighted by Gasteiger charge is 2.27. The lowest BCUT2D eigenvalue weighted by Crippen LogP contribution is -2.38. The second-order valence-electron chi connectivity index (χ2n) is 7.81. The third-order valence-electron chi connectivity index (χ3n) is 5.74. The van der Waals surface area contributed by atoms with Crippen molar-refractivity contribution in [3.8, 4) is 17.2 Å². The number of nitrogens with one attached hydrogen (secondary N) is 1. The number of ether oxygens (including phenoxy) is 3. The third-order valence-corrected chi connectivity index (χ3v) is 5.74. The Bertz CT molecular complexity index is 962. The molecule has 2 atom stereocenters. The van der Waals surface area contributed by atoms with E-state index in [0.717, 1.165) is 30.8 Å². The smallest absolute Gasteiger partial charge is 0.164 e. The highest BCUT2D eigenvalue weighted by atomic mass is 19.1. The molecule has 0 radical (unpaired) electrons. The van der Waals surface area contributed by atoms with Crippen LogP contribution in [0, 0.1) is 11.7 Å². The van der Waals surface area contributed by atoms with Gasteiger partial charge < -0.3 is 19.5 Å². The van der Waals surface area contributed by atoms with E-state index in [2.05, 4.69) is 5.32 Å². The number of methoxy groups -OCH3 is 1. The van der Waals surface area contributed by atoms with Crippen LogP contribution in [0.4, 0.5) is 4.39 Å². The maximum atomic E-state index is 13.3. The van der Waals surface area contributed by atoms with Crippen LogP contribution in [0.15, 0.2) is 72.8 Å². The highest BCUT2D eigenvalue weighted by molar-refractivity contribution is 5.45. The summed E-state index contributed by atoms with van der Waals surface area (Å²) >= 11 is 0. The largest absolute Gasteiger partial charge is 0.493 e. The van der Waals surface area contributed by atoms with Crippen LogP contribution in [-0.4, -0.2) is 26.8 Å². The van der Waals surface area contributed by atoms with E-state index < -0.39 is 0 Å². The van der Waals surface area contributed by atoms with Crippen molar-refractivity contribution in [1.29, 1.82) is 0 Å². The number of hydrogen-bond donors (Lipinski definition) is 1. The zero-order chi connectivity index (χ0) is 21.5. The van der Waals surface area contributed by atoms with Crippen LogP contribution in [0.1, 0.15) is 23.5 Å². The van der Waals surface area contributed by atoms with Crippen molar-refractivity contribution in [1.82, 2.24) is 5.32 Å². The minimum Gasteiger partial charge on any atom is -0.493 e. The minimum absolute atomic E-state index is 0.202. The Labute approximate surface area is 183 Å². The summed E-state index contributed by atoms with van der Waals surface area (Å²) in [6, 6.07) is 22.5. The molecular weight excluding hydrogens is 393 g/mol. The van der Waals surface area contributed by atoms with E-state index in [4.69, 9.17) is 14.2 Å². The summed E-state index contributed by atoms with van der Waals surface area (Å²) in [4.78, 5) is 0. The first-order valence-electron chi connectivity index (χ1n) is 10.7. The van der Waals surface area contributed by atoms with Gasteiger partial charge in [0, 0.05) is 18.5 Å². The zero-order valence-electron chi connectivity index (χ0n) is 17.7. The predicted octanol–water partition coefficient (Wildman–Crippen LogP) is 5.19. The first-order chi connectivity index (χ1) is 15.2. The summed E-state index contributed by atoms with van der Waals surface area (Å²) in [7, 11) is 1.63. The Morgan fingerprint density at radius 1 is 0.935 bits per heavy atom. The van der Waals surface area contributed by atoms with Crippen LogP contribution in [0.5, 0.6) is 17.2 Å². The first kappa shape index (κ1) is 21.2. The first-order valence-corrected chi connectivity index (χ1v) is 10.7. The van der Waals surface area contributed by atoms with E-state index in [1.807, 2.05) is 60.7 Å². The van der Waals surface area contributed by atoms with E-state index >= 15 is 0 Å². The van der Waals surface area contributed by atoms with Crippen molar-refractivity contribution >= 4 is 0 Å². The Kier molecular flexibility index (Phi) is 7.05. The molecule has 1 saturated heterocycles. The molecule has 1 fully saturated rings. The van der Waals surface area contributed by atoms with E-state index in [1.165, 1.54) is 17.7 Å². The lowest BCUT2D eigenvalue weighted by Gasteiger charge is -2.32. The van der Waals surface area contributed by atoms with Gasteiger partial charge in [-0.3, -0.25) is 0 Å². The molecule has 162 valence electrons. The quantitative estimate of drug-likeness (QED) is 0.544. The van der Waals surface area contributed by atoms with Crippen molar-refractivity contribution in [2.45, 2.75) is 18.9 Å². The molecule has 1 aliphatic rings. The molecule has 0 amide bonds. The average molecular weight is 422 g/mol. The minimum atomic E-state index is -0.202. The molecule has 1 N–H and O–H groups in total. The summed E-state index contributed by atoms with van der Waals surface area (Å²) in [6.45, 7) is 2.88. The maximum absolute atomic E-state index is 13.3. The van der Waals surface area contributed by atoms with Gasteiger partial charge in [0.25, 0.3) is 0 Å². The lowest BCUT2D eigenvalue weighted by molar-refractivity contribution is 0.196. The molecule has 0 aliphatic carbocycles. The summed E-state index contributed by atoms with van der Waals surface area (Å²) in [5, 5.41) is 3.45. The fourth-order valence-electron chi connectivity index (χ4n) is 4.04. The molecule has 0 unspecified atom stereocenters. The van der Waals surface area contributed by atoms with Gasteiger partial charge in [-0.05, 0) is 54.3 Å². The molecule has 4 nitrogen and oxygen atoms in total. The number of hydrogen-bond acceptors (Lipinski definition) is 4. The van der Waals surface area contributed by atoms with E-state index in [0.29, 0.717) is 36.5 Å². The molecular formula is C26H28FNO3. The Morgan fingerprint density at radius 3 is 2.52 bits per heavy atom. The van der Waals surface area contributed by atoms with E-state index in [9.17, 15) is 4.39 Å². The number of rotatable bonds is 8. The molecule has 0 aromatic heterocycles. The van der Waals surface area contributed by atoms with Crippen molar-refractivity contribution < 1.29 is 18.6 Å². The third kappa shape index (κ3) is 5.56. The van der Waals surface area contributed by atoms with Gasteiger partial charge in [0.1, 0.15) is 18.2 Å². The van der Waals surface area contributed by atoms with Crippen LogP contribution in [0.25, 0.3) is 0 Å². The molecule has 3 aromatic rings. The summed E-state index contributed by atoms with van der Waals surface area (Å²) in [6.07, 6.45) is 1.01. The van der Waals surface area contributed by atoms with Gasteiger partial charge >= 0.3 is 0 Å². The van der Waals surface area contributed by atoms with Gasteiger partial charge in [0.2, 0.25) is 0 Å². The topological polar surface area (TPSA) is 39.7 Å². The number of piperidine rings is 1. The Hall–Kier alpha value is -3.05. The van der Waals surface area contributed by atoms with Gasteiger partial charge in [-0.25, -0.2) is 4.39 Å². The lowest BCUT2D eigenvalue weighted by atomic mass is 9.81. The molecule has 0 spiro atoms. The maximum Gasteiger partial charge on any atom is 0.164 e. The second kappa shape index (κ2) is 10.3. The van der Waals surface area contributed by atoms with Crippen LogP contribution >= 0.6 is 0 Å². The molecule has 3 aromatic carbocycles. The Morgan fingerprint density at radius 2 is 1.74 bits per heavy atom. The van der Waals surface area contributed by atoms with E-state index in [-0.39, 0.29) is 5.82 Å². The normalized spacial score (nSPS) is 18.4. The summed E-state index contributed by atoms with van der Waals surface area (Å²) in [5.74, 6) is 2.52. The van der Waals surface area contributed by atoms with Crippen LogP contribution < -0.4 is 19.5 Å². The van der Waals surface area contributed by atoms with Gasteiger partial charge in [-0.15, -0.1) is 0 Å². The molecule has 4 rings (SSSR count). The van der Waals surface area contributed by atoms with Crippen molar-refractivity contribution in [2.75, 3.05) is 26.8 Å². The second-order valence-corrected chi connectivity index (χ2v) is 7.81. The molecule has 1 aliphatic heterocycles. The number of benzene rings is 3. The van der Waals surface area contributed by atoms with Crippen molar-refractivity contribution in [3.05, 3.63) is 89.7 Å². The van der Waals surface area contributed by atoms with Crippen LogP contribution in [-0.2, 0) is 6.61 Å². The van der Waals surface area contributed by atoms with Gasteiger partial charge in [-0.2, -0.15) is 0 Å². The molecule has 31 heavy (non-hydrogen) atoms. The fourth-order valence-corrected chi connectivity index (χ4v) is 4.04. The standard InChI is InChI=1S/C26H28FNO3/c1-29-26-15-23(11-12-25(26)31-17-19-5-3-2-4-6-19)30-18-21-16-28-14-13-24(21)20-7-9-22(27)10-8-20/h2-12,15,21,24,28H,13-14,16-18H2,1H3/t21-,24+/m0/s1.